The van der Waals surface area contributed by atoms with Crippen LogP contribution in [0.1, 0.15) is 72.6 Å². The molecule has 0 aromatic carbocycles. The summed E-state index contributed by atoms with van der Waals surface area (Å²) in [4.78, 5) is 0. The van der Waals surface area contributed by atoms with Gasteiger partial charge in [0.25, 0.3) is 0 Å². The smallest absolute Gasteiger partial charge is 0.171 e. The predicted molar refractivity (Wildman–Crippen MR) is 122 cm³/mol. The molecule has 3 saturated carbocycles. The van der Waals surface area contributed by atoms with Gasteiger partial charge in [-0.1, -0.05) is 32.4 Å². The lowest BCUT2D eigenvalue weighted by Gasteiger charge is -2.61. The van der Waals surface area contributed by atoms with Crippen LogP contribution >= 0.6 is 0 Å². The van der Waals surface area contributed by atoms with Crippen LogP contribution < -0.4 is 0 Å². The zero-order valence-electron chi connectivity index (χ0n) is 20.5. The molecule has 2 aliphatic heterocycles. The monoisotopic (exact) mass is 462 g/mol. The molecule has 6 heteroatoms. The summed E-state index contributed by atoms with van der Waals surface area (Å²) >= 11 is 0. The fourth-order valence-corrected chi connectivity index (χ4v) is 9.58. The van der Waals surface area contributed by atoms with Gasteiger partial charge in [0.1, 0.15) is 0 Å². The molecule has 6 aliphatic rings. The lowest BCUT2D eigenvalue weighted by atomic mass is 9.45. The fraction of sp³-hybridized carbons (Fsp3) is 0.926. The maximum Gasteiger partial charge on any atom is 0.171 e. The third-order valence-corrected chi connectivity index (χ3v) is 11.5. The molecule has 2 heterocycles. The van der Waals surface area contributed by atoms with E-state index in [4.69, 9.17) is 9.47 Å². The lowest BCUT2D eigenvalue weighted by molar-refractivity contribution is -0.295. The first-order valence-electron chi connectivity index (χ1n) is 13.2. The van der Waals surface area contributed by atoms with Crippen LogP contribution in [0, 0.1) is 40.4 Å². The zero-order chi connectivity index (χ0) is 23.6. The molecule has 0 bridgehead atoms. The summed E-state index contributed by atoms with van der Waals surface area (Å²) in [5, 5.41) is 43.8. The fourth-order valence-electron chi connectivity index (χ4n) is 9.58. The minimum Gasteiger partial charge on any atom is -0.393 e. The second kappa shape index (κ2) is 7.04. The Bertz CT molecular complexity index is 844. The molecule has 0 aromatic heterocycles. The highest BCUT2D eigenvalue weighted by Crippen LogP contribution is 2.70. The van der Waals surface area contributed by atoms with Crippen LogP contribution in [-0.4, -0.2) is 62.8 Å². The highest BCUT2D eigenvalue weighted by atomic mass is 16.7. The first-order chi connectivity index (χ1) is 15.4. The summed E-state index contributed by atoms with van der Waals surface area (Å²) in [7, 11) is 0. The van der Waals surface area contributed by atoms with Gasteiger partial charge in [0, 0.05) is 23.7 Å². The van der Waals surface area contributed by atoms with Crippen molar-refractivity contribution in [3.05, 3.63) is 11.6 Å². The third kappa shape index (κ3) is 2.94. The SMILES string of the molecule is C[C@H]1[C@H]2[C@H](C[C@H]3[C@@H]4[C@H](O)C=C5C[C@@H](O)CC[C@]5(C)[C@H]4C[C@@H](O)[C@]23C)O[C@]12CC[C@@](C)(O)CO2. The second-order valence-electron chi connectivity index (χ2n) is 13.2. The van der Waals surface area contributed by atoms with E-state index in [1.807, 2.05) is 13.0 Å². The maximum absolute atomic E-state index is 11.8. The van der Waals surface area contributed by atoms with Crippen LogP contribution in [-0.2, 0) is 9.47 Å². The molecule has 0 aromatic rings. The molecule has 4 N–H and O–H groups in total. The van der Waals surface area contributed by atoms with Crippen molar-refractivity contribution in [1.82, 2.24) is 0 Å². The summed E-state index contributed by atoms with van der Waals surface area (Å²) in [6.45, 7) is 8.84. The molecule has 6 rings (SSSR count). The molecule has 2 saturated heterocycles. The van der Waals surface area contributed by atoms with E-state index in [-0.39, 0.29) is 59.2 Å². The number of aliphatic hydroxyl groups excluding tert-OH is 3. The van der Waals surface area contributed by atoms with Crippen LogP contribution in [0.3, 0.4) is 0 Å². The Labute approximate surface area is 197 Å². The van der Waals surface area contributed by atoms with Gasteiger partial charge in [-0.2, -0.15) is 0 Å². The highest BCUT2D eigenvalue weighted by molar-refractivity contribution is 5.29. The van der Waals surface area contributed by atoms with Gasteiger partial charge < -0.3 is 29.9 Å². The molecule has 1 spiro atoms. The van der Waals surface area contributed by atoms with E-state index in [0.717, 1.165) is 19.3 Å². The number of hydrogen-bond acceptors (Lipinski definition) is 6. The third-order valence-electron chi connectivity index (χ3n) is 11.5. The summed E-state index contributed by atoms with van der Waals surface area (Å²) < 4.78 is 12.9. The molecule has 13 atom stereocenters. The molecule has 186 valence electrons. The largest absolute Gasteiger partial charge is 0.393 e. The van der Waals surface area contributed by atoms with Crippen molar-refractivity contribution in [2.24, 2.45) is 40.4 Å². The van der Waals surface area contributed by atoms with Crippen LogP contribution in [0.25, 0.3) is 0 Å². The van der Waals surface area contributed by atoms with Gasteiger partial charge in [-0.15, -0.1) is 0 Å². The van der Waals surface area contributed by atoms with E-state index in [1.165, 1.54) is 5.57 Å². The Morgan fingerprint density at radius 1 is 1.00 bits per heavy atom. The van der Waals surface area contributed by atoms with Gasteiger partial charge in [0.05, 0.1) is 36.6 Å². The van der Waals surface area contributed by atoms with Crippen molar-refractivity contribution >= 4 is 0 Å². The van der Waals surface area contributed by atoms with E-state index in [0.29, 0.717) is 25.7 Å². The zero-order valence-corrected chi connectivity index (χ0v) is 20.5. The Balaban J connectivity index is 1.33. The molecule has 33 heavy (non-hydrogen) atoms. The summed E-state index contributed by atoms with van der Waals surface area (Å²) in [5.41, 5.74) is -0.0192. The number of aliphatic hydroxyl groups is 4. The van der Waals surface area contributed by atoms with Gasteiger partial charge in [-0.05, 0) is 68.6 Å². The van der Waals surface area contributed by atoms with Crippen molar-refractivity contribution < 1.29 is 29.9 Å². The first kappa shape index (κ1) is 22.9. The number of rotatable bonds is 0. The van der Waals surface area contributed by atoms with Gasteiger partial charge in [0.2, 0.25) is 0 Å². The first-order valence-corrected chi connectivity index (χ1v) is 13.2. The Hall–Kier alpha value is -0.500. The molecule has 0 unspecified atom stereocenters. The summed E-state index contributed by atoms with van der Waals surface area (Å²) in [6.07, 6.45) is 5.95. The summed E-state index contributed by atoms with van der Waals surface area (Å²) in [5.74, 6) is 0.118. The Morgan fingerprint density at radius 3 is 2.45 bits per heavy atom. The average Bonchev–Trinajstić information content (AvgIpc) is 3.19. The van der Waals surface area contributed by atoms with Crippen molar-refractivity contribution in [3.8, 4) is 0 Å². The molecule has 5 fully saturated rings. The van der Waals surface area contributed by atoms with Crippen LogP contribution in [0.15, 0.2) is 11.6 Å². The van der Waals surface area contributed by atoms with Crippen molar-refractivity contribution in [2.75, 3.05) is 6.61 Å². The molecular formula is C27H42O6. The van der Waals surface area contributed by atoms with Crippen LogP contribution in [0.5, 0.6) is 0 Å². The van der Waals surface area contributed by atoms with Crippen LogP contribution in [0.4, 0.5) is 0 Å². The van der Waals surface area contributed by atoms with Crippen molar-refractivity contribution in [3.63, 3.8) is 0 Å². The van der Waals surface area contributed by atoms with Crippen LogP contribution in [0.2, 0.25) is 0 Å². The minimum absolute atomic E-state index is 0.00464. The number of hydrogen-bond donors (Lipinski definition) is 4. The highest BCUT2D eigenvalue weighted by Gasteiger charge is 2.72. The van der Waals surface area contributed by atoms with E-state index in [9.17, 15) is 20.4 Å². The maximum atomic E-state index is 11.8. The molecule has 4 aliphatic carbocycles. The van der Waals surface area contributed by atoms with E-state index < -0.39 is 23.6 Å². The van der Waals surface area contributed by atoms with E-state index >= 15 is 0 Å². The topological polar surface area (TPSA) is 99.4 Å². The Kier molecular flexibility index (Phi) is 4.89. The second-order valence-corrected chi connectivity index (χ2v) is 13.2. The molecular weight excluding hydrogens is 420 g/mol. The standard InChI is InChI=1S/C27H42O6/c1-14-23-20(33-27(14)8-7-24(2,31)13-32-27)11-18-22-17(12-21(30)26(18,23)4)25(3)6-5-16(28)9-15(25)10-19(22)29/h10,14,16-23,28-31H,5-9,11-13H2,1-4H3/t14-,16-,17-,18-,19+,20-,21+,22+,23-,24+,25-,26+,27+/m0/s1. The minimum atomic E-state index is -0.810. The predicted octanol–water partition coefficient (Wildman–Crippen LogP) is 2.77. The summed E-state index contributed by atoms with van der Waals surface area (Å²) in [6, 6.07) is 0. The number of fused-ring (bicyclic) bond motifs is 7. The molecule has 0 radical (unpaired) electrons. The quantitative estimate of drug-likeness (QED) is 0.413. The molecule has 6 nitrogen and oxygen atoms in total. The average molecular weight is 463 g/mol. The van der Waals surface area contributed by atoms with Gasteiger partial charge >= 0.3 is 0 Å². The van der Waals surface area contributed by atoms with Gasteiger partial charge in [0.15, 0.2) is 5.79 Å². The van der Waals surface area contributed by atoms with E-state index in [2.05, 4.69) is 20.8 Å². The van der Waals surface area contributed by atoms with Crippen molar-refractivity contribution in [1.29, 1.82) is 0 Å². The van der Waals surface area contributed by atoms with Crippen molar-refractivity contribution in [2.45, 2.75) is 108 Å². The molecule has 0 amide bonds. The van der Waals surface area contributed by atoms with Gasteiger partial charge in [-0.3, -0.25) is 0 Å². The lowest BCUT2D eigenvalue weighted by Crippen LogP contribution is -2.60. The Morgan fingerprint density at radius 2 is 1.76 bits per heavy atom. The normalized spacial score (nSPS) is 62.3. The number of ether oxygens (including phenoxy) is 2. The van der Waals surface area contributed by atoms with Gasteiger partial charge in [-0.25, -0.2) is 0 Å². The van der Waals surface area contributed by atoms with E-state index in [1.54, 1.807) is 0 Å².